The SMILES string of the molecule is CCOC(=O)C1(c2ccc(-c3ccc(-c4onc(C)c4CC(=O)OCc4ccccc4)cc3)cc2)CC1. The average Bonchev–Trinajstić information content (AvgIpc) is 3.67. The second-order valence-electron chi connectivity index (χ2n) is 9.36. The van der Waals surface area contributed by atoms with Crippen LogP contribution in [0.4, 0.5) is 0 Å². The molecule has 0 saturated heterocycles. The monoisotopic (exact) mass is 495 g/mol. The normalized spacial score (nSPS) is 13.7. The van der Waals surface area contributed by atoms with Gasteiger partial charge in [0.1, 0.15) is 6.61 Å². The van der Waals surface area contributed by atoms with E-state index in [0.717, 1.165) is 46.2 Å². The Kier molecular flexibility index (Phi) is 6.91. The van der Waals surface area contributed by atoms with Crippen LogP contribution >= 0.6 is 0 Å². The first-order chi connectivity index (χ1) is 18.0. The highest BCUT2D eigenvalue weighted by Gasteiger charge is 2.52. The van der Waals surface area contributed by atoms with Crippen molar-refractivity contribution in [2.45, 2.75) is 45.1 Å². The number of aromatic nitrogens is 1. The molecule has 0 N–H and O–H groups in total. The summed E-state index contributed by atoms with van der Waals surface area (Å²) in [6.07, 6.45) is 1.75. The molecule has 1 aromatic heterocycles. The molecule has 6 heteroatoms. The van der Waals surface area contributed by atoms with E-state index < -0.39 is 5.41 Å². The van der Waals surface area contributed by atoms with Crippen LogP contribution in [0.5, 0.6) is 0 Å². The van der Waals surface area contributed by atoms with Crippen molar-refractivity contribution in [3.8, 4) is 22.5 Å². The van der Waals surface area contributed by atoms with Crippen LogP contribution in [0, 0.1) is 6.92 Å². The van der Waals surface area contributed by atoms with Crippen LogP contribution in [-0.2, 0) is 37.5 Å². The van der Waals surface area contributed by atoms with Gasteiger partial charge < -0.3 is 14.0 Å². The number of aryl methyl sites for hydroxylation is 1. The molecule has 6 nitrogen and oxygen atoms in total. The van der Waals surface area contributed by atoms with Gasteiger partial charge in [0.15, 0.2) is 5.76 Å². The van der Waals surface area contributed by atoms with Crippen molar-refractivity contribution in [3.63, 3.8) is 0 Å². The number of carbonyl (C=O) groups excluding carboxylic acids is 2. The van der Waals surface area contributed by atoms with Crippen LogP contribution in [0.3, 0.4) is 0 Å². The van der Waals surface area contributed by atoms with Crippen molar-refractivity contribution < 1.29 is 23.6 Å². The summed E-state index contributed by atoms with van der Waals surface area (Å²) in [5.41, 5.74) is 5.80. The summed E-state index contributed by atoms with van der Waals surface area (Å²) < 4.78 is 16.3. The Bertz CT molecular complexity index is 1380. The van der Waals surface area contributed by atoms with Crippen molar-refractivity contribution in [1.29, 1.82) is 0 Å². The van der Waals surface area contributed by atoms with Crippen LogP contribution < -0.4 is 0 Å². The summed E-state index contributed by atoms with van der Waals surface area (Å²) in [5.74, 6) is 0.111. The van der Waals surface area contributed by atoms with E-state index in [4.69, 9.17) is 14.0 Å². The lowest BCUT2D eigenvalue weighted by Crippen LogP contribution is -2.23. The topological polar surface area (TPSA) is 78.6 Å². The predicted octanol–water partition coefficient (Wildman–Crippen LogP) is 6.20. The maximum Gasteiger partial charge on any atom is 0.316 e. The summed E-state index contributed by atoms with van der Waals surface area (Å²) in [7, 11) is 0. The van der Waals surface area contributed by atoms with E-state index in [2.05, 4.69) is 5.16 Å². The lowest BCUT2D eigenvalue weighted by atomic mass is 9.93. The number of ether oxygens (including phenoxy) is 2. The zero-order valence-electron chi connectivity index (χ0n) is 21.0. The van der Waals surface area contributed by atoms with Crippen molar-refractivity contribution in [1.82, 2.24) is 5.16 Å². The molecule has 1 aliphatic rings. The van der Waals surface area contributed by atoms with Crippen LogP contribution in [0.15, 0.2) is 83.4 Å². The number of hydrogen-bond acceptors (Lipinski definition) is 6. The highest BCUT2D eigenvalue weighted by Crippen LogP contribution is 2.49. The van der Waals surface area contributed by atoms with Crippen LogP contribution in [-0.4, -0.2) is 23.7 Å². The zero-order chi connectivity index (χ0) is 25.8. The number of nitrogens with zero attached hydrogens (tertiary/aromatic N) is 1. The molecule has 0 amide bonds. The van der Waals surface area contributed by atoms with Gasteiger partial charge in [0, 0.05) is 11.1 Å². The molecule has 1 fully saturated rings. The van der Waals surface area contributed by atoms with Gasteiger partial charge in [-0.1, -0.05) is 84.0 Å². The van der Waals surface area contributed by atoms with Crippen molar-refractivity contribution >= 4 is 11.9 Å². The van der Waals surface area contributed by atoms with E-state index in [9.17, 15) is 9.59 Å². The third-order valence-corrected chi connectivity index (χ3v) is 6.88. The number of benzene rings is 3. The first-order valence-corrected chi connectivity index (χ1v) is 12.5. The quantitative estimate of drug-likeness (QED) is 0.257. The molecule has 3 aromatic carbocycles. The Morgan fingerprint density at radius 3 is 2.11 bits per heavy atom. The standard InChI is InChI=1S/C31H29NO5/c1-3-35-30(34)31(17-18-31)26-15-13-24(14-16-26)23-9-11-25(12-10-23)29-27(21(2)32-37-29)19-28(33)36-20-22-7-5-4-6-8-22/h4-16H,3,17-20H2,1-2H3. The van der Waals surface area contributed by atoms with E-state index in [-0.39, 0.29) is 25.0 Å². The van der Waals surface area contributed by atoms with Gasteiger partial charge >= 0.3 is 11.9 Å². The number of rotatable bonds is 9. The minimum atomic E-state index is -0.471. The van der Waals surface area contributed by atoms with Gasteiger partial charge in [0.25, 0.3) is 0 Å². The molecule has 0 aliphatic heterocycles. The van der Waals surface area contributed by atoms with Gasteiger partial charge in [-0.15, -0.1) is 0 Å². The second-order valence-corrected chi connectivity index (χ2v) is 9.36. The molecule has 0 atom stereocenters. The van der Waals surface area contributed by atoms with Crippen molar-refractivity contribution in [2.75, 3.05) is 6.61 Å². The third-order valence-electron chi connectivity index (χ3n) is 6.88. The molecule has 4 aromatic rings. The summed E-state index contributed by atoms with van der Waals surface area (Å²) >= 11 is 0. The van der Waals surface area contributed by atoms with E-state index >= 15 is 0 Å². The summed E-state index contributed by atoms with van der Waals surface area (Å²) in [4.78, 5) is 24.9. The molecule has 188 valence electrons. The Labute approximate surface area is 216 Å². The molecule has 1 aliphatic carbocycles. The highest BCUT2D eigenvalue weighted by atomic mass is 16.5. The lowest BCUT2D eigenvalue weighted by Gasteiger charge is -2.14. The fraction of sp³-hybridized carbons (Fsp3) is 0.258. The molecule has 5 rings (SSSR count). The average molecular weight is 496 g/mol. The van der Waals surface area contributed by atoms with E-state index in [1.165, 1.54) is 0 Å². The molecular weight excluding hydrogens is 466 g/mol. The maximum absolute atomic E-state index is 12.5. The fourth-order valence-corrected chi connectivity index (χ4v) is 4.56. The van der Waals surface area contributed by atoms with Gasteiger partial charge in [-0.2, -0.15) is 0 Å². The molecule has 0 unspecified atom stereocenters. The zero-order valence-corrected chi connectivity index (χ0v) is 21.0. The Morgan fingerprint density at radius 1 is 0.865 bits per heavy atom. The third kappa shape index (κ3) is 5.19. The lowest BCUT2D eigenvalue weighted by molar-refractivity contribution is -0.146. The molecule has 0 spiro atoms. The first-order valence-electron chi connectivity index (χ1n) is 12.5. The van der Waals surface area contributed by atoms with Gasteiger partial charge in [-0.05, 0) is 48.9 Å². The summed E-state index contributed by atoms with van der Waals surface area (Å²) in [5, 5.41) is 4.09. The summed E-state index contributed by atoms with van der Waals surface area (Å²) in [6.45, 7) is 4.28. The molecular formula is C31H29NO5. The molecule has 0 bridgehead atoms. The molecule has 37 heavy (non-hydrogen) atoms. The Balaban J connectivity index is 1.28. The highest BCUT2D eigenvalue weighted by molar-refractivity contribution is 5.87. The minimum Gasteiger partial charge on any atom is -0.465 e. The van der Waals surface area contributed by atoms with Crippen LogP contribution in [0.1, 0.15) is 42.1 Å². The Morgan fingerprint density at radius 2 is 1.49 bits per heavy atom. The number of carbonyl (C=O) groups is 2. The molecule has 0 radical (unpaired) electrons. The van der Waals surface area contributed by atoms with Gasteiger partial charge in [-0.3, -0.25) is 9.59 Å². The molecule has 1 heterocycles. The van der Waals surface area contributed by atoms with Crippen LogP contribution in [0.25, 0.3) is 22.5 Å². The van der Waals surface area contributed by atoms with E-state index in [1.54, 1.807) is 0 Å². The molecule has 1 saturated carbocycles. The fourth-order valence-electron chi connectivity index (χ4n) is 4.56. The van der Waals surface area contributed by atoms with Gasteiger partial charge in [-0.25, -0.2) is 0 Å². The van der Waals surface area contributed by atoms with E-state index in [1.807, 2.05) is 92.7 Å². The van der Waals surface area contributed by atoms with Crippen LogP contribution in [0.2, 0.25) is 0 Å². The van der Waals surface area contributed by atoms with Crippen molar-refractivity contribution in [3.05, 3.63) is 101 Å². The number of hydrogen-bond donors (Lipinski definition) is 0. The maximum atomic E-state index is 12.5. The Hall–Kier alpha value is -4.19. The predicted molar refractivity (Wildman–Crippen MR) is 140 cm³/mol. The van der Waals surface area contributed by atoms with Gasteiger partial charge in [0.2, 0.25) is 0 Å². The smallest absolute Gasteiger partial charge is 0.316 e. The van der Waals surface area contributed by atoms with Crippen molar-refractivity contribution in [2.24, 2.45) is 0 Å². The number of esters is 2. The largest absolute Gasteiger partial charge is 0.465 e. The van der Waals surface area contributed by atoms with E-state index in [0.29, 0.717) is 18.1 Å². The summed E-state index contributed by atoms with van der Waals surface area (Å²) in [6, 6.07) is 25.7. The second kappa shape index (κ2) is 10.4. The van der Waals surface area contributed by atoms with Gasteiger partial charge in [0.05, 0.1) is 24.1 Å². The first kappa shape index (κ1) is 24.5. The minimum absolute atomic E-state index is 0.0862.